The Morgan fingerprint density at radius 2 is 1.55 bits per heavy atom. The van der Waals surface area contributed by atoms with Gasteiger partial charge in [0.2, 0.25) is 0 Å². The number of aliphatic imine (C=N–C) groups is 1. The zero-order chi connectivity index (χ0) is 14.7. The summed E-state index contributed by atoms with van der Waals surface area (Å²) in [6.45, 7) is 8.64. The highest BCUT2D eigenvalue weighted by atomic mass is 127. The zero-order valence-electron chi connectivity index (χ0n) is 14.3. The Morgan fingerprint density at radius 3 is 2.05 bits per heavy atom. The molecule has 0 atom stereocenters. The molecule has 0 aliphatic heterocycles. The molecule has 4 nitrogen and oxygen atoms in total. The number of nitrogens with one attached hydrogen (secondary N) is 2. The standard InChI is InChI=1S/C15H34N4.HI/c1-15(2,3)18-14(16-4)17-12-10-8-7-9-11-13-19(5)6;/h7-13H2,1-6H3,(H2,16,17,18);1H. The summed E-state index contributed by atoms with van der Waals surface area (Å²) in [6.07, 6.45) is 6.50. The van der Waals surface area contributed by atoms with Crippen LogP contribution >= 0.6 is 24.0 Å². The Kier molecular flexibility index (Phi) is 14.1. The fourth-order valence-electron chi connectivity index (χ4n) is 1.82. The Morgan fingerprint density at radius 1 is 1.00 bits per heavy atom. The molecule has 0 heterocycles. The molecule has 0 radical (unpaired) electrons. The quantitative estimate of drug-likeness (QED) is 0.286. The van der Waals surface area contributed by atoms with E-state index in [4.69, 9.17) is 0 Å². The monoisotopic (exact) mass is 398 g/mol. The minimum absolute atomic E-state index is 0. The highest BCUT2D eigenvalue weighted by Gasteiger charge is 2.10. The van der Waals surface area contributed by atoms with Gasteiger partial charge in [-0.25, -0.2) is 0 Å². The minimum Gasteiger partial charge on any atom is -0.356 e. The summed E-state index contributed by atoms with van der Waals surface area (Å²) in [5.74, 6) is 0.903. The second-order valence-electron chi connectivity index (χ2n) is 6.45. The van der Waals surface area contributed by atoms with Gasteiger partial charge in [0, 0.05) is 19.1 Å². The topological polar surface area (TPSA) is 39.7 Å². The van der Waals surface area contributed by atoms with Crippen LogP contribution in [-0.2, 0) is 0 Å². The number of rotatable bonds is 8. The molecule has 0 unspecified atom stereocenters. The van der Waals surface area contributed by atoms with Crippen LogP contribution in [0.3, 0.4) is 0 Å². The van der Waals surface area contributed by atoms with Crippen LogP contribution in [0.2, 0.25) is 0 Å². The maximum Gasteiger partial charge on any atom is 0.191 e. The van der Waals surface area contributed by atoms with Gasteiger partial charge in [0.25, 0.3) is 0 Å². The summed E-state index contributed by atoms with van der Waals surface area (Å²) in [5, 5.41) is 6.73. The molecule has 2 N–H and O–H groups in total. The van der Waals surface area contributed by atoms with E-state index in [9.17, 15) is 0 Å². The van der Waals surface area contributed by atoms with E-state index in [0.29, 0.717) is 0 Å². The van der Waals surface area contributed by atoms with E-state index in [-0.39, 0.29) is 29.5 Å². The number of hydrogen-bond acceptors (Lipinski definition) is 2. The third kappa shape index (κ3) is 16.0. The molecule has 0 aromatic carbocycles. The summed E-state index contributed by atoms with van der Waals surface area (Å²) >= 11 is 0. The van der Waals surface area contributed by atoms with E-state index in [1.807, 2.05) is 7.05 Å². The molecule has 0 aromatic heterocycles. The van der Waals surface area contributed by atoms with Crippen molar-refractivity contribution in [1.29, 1.82) is 0 Å². The van der Waals surface area contributed by atoms with Gasteiger partial charge < -0.3 is 15.5 Å². The summed E-state index contributed by atoms with van der Waals surface area (Å²) in [7, 11) is 6.10. The summed E-state index contributed by atoms with van der Waals surface area (Å²) in [5.41, 5.74) is 0.0635. The molecular formula is C15H35IN4. The molecule has 0 aliphatic rings. The van der Waals surface area contributed by atoms with E-state index in [1.165, 1.54) is 38.6 Å². The molecule has 0 fully saturated rings. The Balaban J connectivity index is 0. The maximum atomic E-state index is 4.23. The Hall–Kier alpha value is -0.0400. The van der Waals surface area contributed by atoms with E-state index in [0.717, 1.165) is 12.5 Å². The average Bonchev–Trinajstić information content (AvgIpc) is 2.29. The van der Waals surface area contributed by atoms with Crippen molar-refractivity contribution in [2.75, 3.05) is 34.2 Å². The first-order chi connectivity index (χ1) is 8.85. The first kappa shape index (κ1) is 22.2. The number of unbranched alkanes of at least 4 members (excludes halogenated alkanes) is 4. The number of halogens is 1. The first-order valence-electron chi connectivity index (χ1n) is 7.49. The maximum absolute atomic E-state index is 4.23. The fraction of sp³-hybridized carbons (Fsp3) is 0.933. The summed E-state index contributed by atoms with van der Waals surface area (Å²) < 4.78 is 0. The molecule has 20 heavy (non-hydrogen) atoms. The molecule has 0 aliphatic carbocycles. The molecule has 0 amide bonds. The molecule has 0 spiro atoms. The lowest BCUT2D eigenvalue weighted by Crippen LogP contribution is -2.47. The Bertz CT molecular complexity index is 247. The largest absolute Gasteiger partial charge is 0.356 e. The number of nitrogens with zero attached hydrogens (tertiary/aromatic N) is 2. The van der Waals surface area contributed by atoms with Crippen LogP contribution in [0, 0.1) is 0 Å². The molecule has 0 bridgehead atoms. The van der Waals surface area contributed by atoms with Gasteiger partial charge in [-0.1, -0.05) is 19.3 Å². The fourth-order valence-corrected chi connectivity index (χ4v) is 1.82. The van der Waals surface area contributed by atoms with Gasteiger partial charge in [-0.05, 0) is 54.3 Å². The van der Waals surface area contributed by atoms with Gasteiger partial charge in [0.1, 0.15) is 0 Å². The molecule has 5 heteroatoms. The number of hydrogen-bond donors (Lipinski definition) is 2. The van der Waals surface area contributed by atoms with Crippen LogP contribution in [0.5, 0.6) is 0 Å². The van der Waals surface area contributed by atoms with Crippen molar-refractivity contribution in [2.24, 2.45) is 4.99 Å². The average molecular weight is 398 g/mol. The predicted molar refractivity (Wildman–Crippen MR) is 101 cm³/mol. The lowest BCUT2D eigenvalue weighted by atomic mass is 10.1. The lowest BCUT2D eigenvalue weighted by molar-refractivity contribution is 0.389. The molecule has 0 rings (SSSR count). The van der Waals surface area contributed by atoms with Crippen LogP contribution in [0.1, 0.15) is 52.9 Å². The summed E-state index contributed by atoms with van der Waals surface area (Å²) in [4.78, 5) is 6.48. The molecule has 122 valence electrons. The third-order valence-electron chi connectivity index (χ3n) is 2.79. The third-order valence-corrected chi connectivity index (χ3v) is 2.79. The van der Waals surface area contributed by atoms with Crippen molar-refractivity contribution in [1.82, 2.24) is 15.5 Å². The van der Waals surface area contributed by atoms with Gasteiger partial charge >= 0.3 is 0 Å². The molecular weight excluding hydrogens is 363 g/mol. The van der Waals surface area contributed by atoms with Crippen LogP contribution in [0.4, 0.5) is 0 Å². The van der Waals surface area contributed by atoms with E-state index in [2.05, 4.69) is 55.4 Å². The SMILES string of the molecule is CN=C(NCCCCCCCN(C)C)NC(C)(C)C.I. The normalized spacial score (nSPS) is 12.2. The van der Waals surface area contributed by atoms with Crippen molar-refractivity contribution in [3.05, 3.63) is 0 Å². The molecule has 0 saturated carbocycles. The predicted octanol–water partition coefficient (Wildman–Crippen LogP) is 3.08. The van der Waals surface area contributed by atoms with E-state index < -0.39 is 0 Å². The van der Waals surface area contributed by atoms with Crippen LogP contribution in [0.25, 0.3) is 0 Å². The van der Waals surface area contributed by atoms with Crippen molar-refractivity contribution in [3.8, 4) is 0 Å². The highest BCUT2D eigenvalue weighted by Crippen LogP contribution is 2.03. The lowest BCUT2D eigenvalue weighted by Gasteiger charge is -2.23. The van der Waals surface area contributed by atoms with Gasteiger partial charge in [0.15, 0.2) is 5.96 Å². The van der Waals surface area contributed by atoms with Crippen LogP contribution in [0.15, 0.2) is 4.99 Å². The van der Waals surface area contributed by atoms with Gasteiger partial charge in [-0.2, -0.15) is 0 Å². The second-order valence-corrected chi connectivity index (χ2v) is 6.45. The number of guanidine groups is 1. The summed E-state index contributed by atoms with van der Waals surface area (Å²) in [6, 6.07) is 0. The molecule has 0 aromatic rings. The first-order valence-corrected chi connectivity index (χ1v) is 7.49. The van der Waals surface area contributed by atoms with E-state index in [1.54, 1.807) is 0 Å². The second kappa shape index (κ2) is 12.7. The van der Waals surface area contributed by atoms with Crippen molar-refractivity contribution < 1.29 is 0 Å². The van der Waals surface area contributed by atoms with Gasteiger partial charge in [-0.3, -0.25) is 4.99 Å². The van der Waals surface area contributed by atoms with Crippen molar-refractivity contribution >= 4 is 29.9 Å². The van der Waals surface area contributed by atoms with Gasteiger partial charge in [0.05, 0.1) is 0 Å². The zero-order valence-corrected chi connectivity index (χ0v) is 16.6. The van der Waals surface area contributed by atoms with Crippen molar-refractivity contribution in [3.63, 3.8) is 0 Å². The van der Waals surface area contributed by atoms with Gasteiger partial charge in [-0.15, -0.1) is 24.0 Å². The molecule has 0 saturated heterocycles. The Labute approximate surface area is 143 Å². The van der Waals surface area contributed by atoms with E-state index >= 15 is 0 Å². The minimum atomic E-state index is 0. The highest BCUT2D eigenvalue weighted by molar-refractivity contribution is 14.0. The van der Waals surface area contributed by atoms with Crippen LogP contribution in [-0.4, -0.2) is 50.6 Å². The van der Waals surface area contributed by atoms with Crippen molar-refractivity contribution in [2.45, 2.75) is 58.4 Å². The van der Waals surface area contributed by atoms with Crippen LogP contribution < -0.4 is 10.6 Å². The smallest absolute Gasteiger partial charge is 0.191 e.